The summed E-state index contributed by atoms with van der Waals surface area (Å²) in [5.41, 5.74) is -0.472. The van der Waals surface area contributed by atoms with Gasteiger partial charge in [-0.2, -0.15) is 0 Å². The van der Waals surface area contributed by atoms with E-state index in [2.05, 4.69) is 12.2 Å². The van der Waals surface area contributed by atoms with Crippen LogP contribution in [0.3, 0.4) is 0 Å². The van der Waals surface area contributed by atoms with E-state index >= 15 is 0 Å². The Morgan fingerprint density at radius 3 is 2.50 bits per heavy atom. The Balaban J connectivity index is 2.60. The molecule has 1 aliphatic rings. The number of carbonyl (C=O) groups is 1. The molecule has 1 fully saturated rings. The number of carbonyl (C=O) groups excluding carboxylic acids is 1. The highest BCUT2D eigenvalue weighted by Crippen LogP contribution is 2.34. The zero-order valence-corrected chi connectivity index (χ0v) is 12.0. The molecule has 0 bridgehead atoms. The molecular weight excluding hydrogens is 230 g/mol. The van der Waals surface area contributed by atoms with Crippen molar-refractivity contribution in [3.8, 4) is 0 Å². The summed E-state index contributed by atoms with van der Waals surface area (Å²) in [6.45, 7) is 5.85. The minimum atomic E-state index is -0.472. The lowest BCUT2D eigenvalue weighted by atomic mass is 9.75. The number of rotatable bonds is 7. The Bertz CT molecular complexity index is 242. The Morgan fingerprint density at radius 2 is 2.00 bits per heavy atom. The maximum absolute atomic E-state index is 12.2. The summed E-state index contributed by atoms with van der Waals surface area (Å²) in [7, 11) is 1.67. The lowest BCUT2D eigenvalue weighted by molar-refractivity contribution is -0.153. The quantitative estimate of drug-likeness (QED) is 0.560. The van der Waals surface area contributed by atoms with Crippen molar-refractivity contribution in [3.63, 3.8) is 0 Å². The molecule has 1 N–H and O–H groups in total. The average molecular weight is 257 g/mol. The van der Waals surface area contributed by atoms with E-state index < -0.39 is 5.54 Å². The van der Waals surface area contributed by atoms with Gasteiger partial charge in [0.2, 0.25) is 0 Å². The maximum Gasteiger partial charge on any atom is 0.326 e. The predicted octanol–water partition coefficient (Wildman–Crippen LogP) is 2.12. The molecule has 0 atom stereocenters. The normalized spacial score (nSPS) is 28.1. The molecule has 0 aromatic rings. The number of nitrogens with one attached hydrogen (secondary N) is 1. The number of methoxy groups -OCH3 is 1. The monoisotopic (exact) mass is 257 g/mol. The van der Waals surface area contributed by atoms with Crippen molar-refractivity contribution in [2.75, 3.05) is 26.9 Å². The van der Waals surface area contributed by atoms with Crippen molar-refractivity contribution in [3.05, 3.63) is 0 Å². The zero-order chi connectivity index (χ0) is 13.4. The van der Waals surface area contributed by atoms with Crippen LogP contribution in [0.15, 0.2) is 0 Å². The van der Waals surface area contributed by atoms with Crippen molar-refractivity contribution in [1.29, 1.82) is 0 Å². The Labute approximate surface area is 110 Å². The highest BCUT2D eigenvalue weighted by Gasteiger charge is 2.42. The van der Waals surface area contributed by atoms with Gasteiger partial charge < -0.3 is 9.47 Å². The minimum Gasteiger partial charge on any atom is -0.465 e. The highest BCUT2D eigenvalue weighted by molar-refractivity contribution is 5.81. The van der Waals surface area contributed by atoms with E-state index in [1.807, 2.05) is 6.92 Å². The molecule has 1 aliphatic carbocycles. The van der Waals surface area contributed by atoms with E-state index in [9.17, 15) is 4.79 Å². The first-order valence-electron chi connectivity index (χ1n) is 7.09. The third kappa shape index (κ3) is 3.95. The lowest BCUT2D eigenvalue weighted by Crippen LogP contribution is -2.55. The van der Waals surface area contributed by atoms with E-state index in [-0.39, 0.29) is 5.97 Å². The number of esters is 1. The van der Waals surface area contributed by atoms with Crippen molar-refractivity contribution in [2.45, 2.75) is 51.5 Å². The Morgan fingerprint density at radius 1 is 1.33 bits per heavy atom. The summed E-state index contributed by atoms with van der Waals surface area (Å²) in [6.07, 6.45) is 5.18. The van der Waals surface area contributed by atoms with Crippen LogP contribution < -0.4 is 5.32 Å². The summed E-state index contributed by atoms with van der Waals surface area (Å²) in [6, 6.07) is 0. The smallest absolute Gasteiger partial charge is 0.326 e. The van der Waals surface area contributed by atoms with Crippen LogP contribution in [0.25, 0.3) is 0 Å². The van der Waals surface area contributed by atoms with Gasteiger partial charge in [-0.15, -0.1) is 0 Å². The molecule has 0 radical (unpaired) electrons. The Kier molecular flexibility index (Phi) is 6.65. The fourth-order valence-electron chi connectivity index (χ4n) is 2.69. The van der Waals surface area contributed by atoms with E-state index in [1.165, 1.54) is 6.42 Å². The first-order chi connectivity index (χ1) is 8.68. The van der Waals surface area contributed by atoms with Gasteiger partial charge in [-0.3, -0.25) is 10.1 Å². The van der Waals surface area contributed by atoms with Crippen LogP contribution in [0.2, 0.25) is 0 Å². The van der Waals surface area contributed by atoms with Gasteiger partial charge >= 0.3 is 5.97 Å². The van der Waals surface area contributed by atoms with E-state index in [1.54, 1.807) is 7.11 Å². The van der Waals surface area contributed by atoms with Gasteiger partial charge in [-0.05, 0) is 38.5 Å². The van der Waals surface area contributed by atoms with E-state index in [0.29, 0.717) is 19.8 Å². The van der Waals surface area contributed by atoms with Crippen LogP contribution in [0.5, 0.6) is 0 Å². The number of hydrogen-bond donors (Lipinski definition) is 1. The molecule has 18 heavy (non-hydrogen) atoms. The molecule has 4 heteroatoms. The molecule has 0 aromatic carbocycles. The van der Waals surface area contributed by atoms with Crippen LogP contribution in [0, 0.1) is 5.92 Å². The van der Waals surface area contributed by atoms with Gasteiger partial charge in [0, 0.05) is 13.7 Å². The fraction of sp³-hybridized carbons (Fsp3) is 0.929. The van der Waals surface area contributed by atoms with Crippen LogP contribution in [0.1, 0.15) is 46.0 Å². The van der Waals surface area contributed by atoms with Crippen molar-refractivity contribution < 1.29 is 14.3 Å². The summed E-state index contributed by atoms with van der Waals surface area (Å²) >= 11 is 0. The van der Waals surface area contributed by atoms with E-state index in [4.69, 9.17) is 9.47 Å². The zero-order valence-electron chi connectivity index (χ0n) is 12.0. The van der Waals surface area contributed by atoms with Crippen LogP contribution in [-0.4, -0.2) is 38.4 Å². The second-order valence-corrected chi connectivity index (χ2v) is 5.07. The van der Waals surface area contributed by atoms with Gasteiger partial charge in [0.25, 0.3) is 0 Å². The third-order valence-corrected chi connectivity index (χ3v) is 3.97. The summed E-state index contributed by atoms with van der Waals surface area (Å²) < 4.78 is 10.3. The first kappa shape index (κ1) is 15.4. The maximum atomic E-state index is 12.2. The first-order valence-corrected chi connectivity index (χ1v) is 7.09. The largest absolute Gasteiger partial charge is 0.465 e. The van der Waals surface area contributed by atoms with E-state index in [0.717, 1.165) is 31.6 Å². The van der Waals surface area contributed by atoms with Gasteiger partial charge in [0.1, 0.15) is 5.54 Å². The predicted molar refractivity (Wildman–Crippen MR) is 71.5 cm³/mol. The second-order valence-electron chi connectivity index (χ2n) is 5.07. The summed E-state index contributed by atoms with van der Waals surface area (Å²) in [5, 5.41) is 3.37. The molecule has 106 valence electrons. The molecule has 0 spiro atoms. The number of ether oxygens (including phenoxy) is 2. The molecule has 0 heterocycles. The highest BCUT2D eigenvalue weighted by atomic mass is 16.5. The SMILES string of the molecule is CCOC(=O)C1(NCCOC)CCC(CC)CC1. The standard InChI is InChI=1S/C14H27NO3/c1-4-12-6-8-14(9-7-12,13(16)18-5-2)15-10-11-17-3/h12,15H,4-11H2,1-3H3. The molecule has 0 aliphatic heterocycles. The van der Waals surface area contributed by atoms with Crippen LogP contribution >= 0.6 is 0 Å². The molecule has 0 amide bonds. The van der Waals surface area contributed by atoms with Gasteiger partial charge in [-0.1, -0.05) is 13.3 Å². The summed E-state index contributed by atoms with van der Waals surface area (Å²) in [5.74, 6) is 0.674. The van der Waals surface area contributed by atoms with Crippen LogP contribution in [-0.2, 0) is 14.3 Å². The molecular formula is C14H27NO3. The van der Waals surface area contributed by atoms with Gasteiger partial charge in [-0.25, -0.2) is 0 Å². The molecule has 0 unspecified atom stereocenters. The Hall–Kier alpha value is -0.610. The number of hydrogen-bond acceptors (Lipinski definition) is 4. The lowest BCUT2D eigenvalue weighted by Gasteiger charge is -2.38. The topological polar surface area (TPSA) is 47.6 Å². The van der Waals surface area contributed by atoms with Crippen molar-refractivity contribution in [2.24, 2.45) is 5.92 Å². The third-order valence-electron chi connectivity index (χ3n) is 3.97. The molecule has 0 aromatic heterocycles. The summed E-state index contributed by atoms with van der Waals surface area (Å²) in [4.78, 5) is 12.2. The second kappa shape index (κ2) is 7.74. The minimum absolute atomic E-state index is 0.0874. The molecule has 1 rings (SSSR count). The molecule has 0 saturated heterocycles. The average Bonchev–Trinajstić information content (AvgIpc) is 2.40. The van der Waals surface area contributed by atoms with Crippen molar-refractivity contribution >= 4 is 5.97 Å². The molecule has 1 saturated carbocycles. The van der Waals surface area contributed by atoms with Gasteiger partial charge in [0.05, 0.1) is 13.2 Å². The molecule has 4 nitrogen and oxygen atoms in total. The fourth-order valence-corrected chi connectivity index (χ4v) is 2.69. The van der Waals surface area contributed by atoms with Gasteiger partial charge in [0.15, 0.2) is 0 Å². The van der Waals surface area contributed by atoms with Crippen molar-refractivity contribution in [1.82, 2.24) is 5.32 Å². The van der Waals surface area contributed by atoms with Crippen LogP contribution in [0.4, 0.5) is 0 Å².